The fourth-order valence-corrected chi connectivity index (χ4v) is 2.48. The maximum absolute atomic E-state index is 11.3. The van der Waals surface area contributed by atoms with Crippen molar-refractivity contribution in [3.05, 3.63) is 0 Å². The number of Topliss-reactive ketones (excluding diaryl/α,β-unsaturated/α-hetero) is 1. The summed E-state index contributed by atoms with van der Waals surface area (Å²) in [6.07, 6.45) is 3.91. The zero-order chi connectivity index (χ0) is 10.6. The van der Waals surface area contributed by atoms with Crippen molar-refractivity contribution in [2.45, 2.75) is 45.1 Å². The van der Waals surface area contributed by atoms with Crippen LogP contribution in [0.3, 0.4) is 0 Å². The highest BCUT2D eigenvalue weighted by atomic mass is 16.3. The Bertz CT molecular complexity index is 191. The number of rotatable bonds is 4. The van der Waals surface area contributed by atoms with Gasteiger partial charge in [0.15, 0.2) is 0 Å². The van der Waals surface area contributed by atoms with Crippen LogP contribution in [0.25, 0.3) is 0 Å². The second-order valence-corrected chi connectivity index (χ2v) is 4.31. The number of hydrogen-bond acceptors (Lipinski definition) is 3. The summed E-state index contributed by atoms with van der Waals surface area (Å²) in [6, 6.07) is 0. The number of carbonyl (C=O) groups excluding carboxylic acids is 1. The minimum Gasteiger partial charge on any atom is -0.396 e. The molecule has 0 radical (unpaired) electrons. The molecule has 0 aliphatic heterocycles. The molecule has 0 aromatic rings. The molecule has 0 amide bonds. The predicted octanol–water partition coefficient (Wildman–Crippen LogP) is 1.13. The van der Waals surface area contributed by atoms with Crippen molar-refractivity contribution < 1.29 is 15.0 Å². The van der Waals surface area contributed by atoms with Gasteiger partial charge in [-0.3, -0.25) is 4.79 Å². The Hall–Kier alpha value is -0.410. The predicted molar refractivity (Wildman–Crippen MR) is 53.8 cm³/mol. The molecule has 14 heavy (non-hydrogen) atoms. The van der Waals surface area contributed by atoms with Crippen molar-refractivity contribution in [1.82, 2.24) is 0 Å². The number of ketones is 1. The van der Waals surface area contributed by atoms with E-state index in [0.717, 1.165) is 25.7 Å². The lowest BCUT2D eigenvalue weighted by Gasteiger charge is -2.31. The Morgan fingerprint density at radius 2 is 2.21 bits per heavy atom. The van der Waals surface area contributed by atoms with Gasteiger partial charge in [0.2, 0.25) is 0 Å². The van der Waals surface area contributed by atoms with Crippen molar-refractivity contribution >= 4 is 5.78 Å². The lowest BCUT2D eigenvalue weighted by atomic mass is 9.76. The highest BCUT2D eigenvalue weighted by Gasteiger charge is 2.29. The summed E-state index contributed by atoms with van der Waals surface area (Å²) in [5, 5.41) is 18.4. The van der Waals surface area contributed by atoms with Crippen LogP contribution in [0.4, 0.5) is 0 Å². The highest BCUT2D eigenvalue weighted by molar-refractivity contribution is 5.78. The molecule has 0 aromatic heterocycles. The van der Waals surface area contributed by atoms with Crippen LogP contribution < -0.4 is 0 Å². The average molecular weight is 200 g/mol. The summed E-state index contributed by atoms with van der Waals surface area (Å²) >= 11 is 0. The summed E-state index contributed by atoms with van der Waals surface area (Å²) in [6.45, 7) is 1.65. The summed E-state index contributed by atoms with van der Waals surface area (Å²) in [5.74, 6) is 0.386. The van der Waals surface area contributed by atoms with Crippen molar-refractivity contribution in [3.8, 4) is 0 Å². The van der Waals surface area contributed by atoms with E-state index in [4.69, 9.17) is 5.11 Å². The smallest absolute Gasteiger partial charge is 0.133 e. The van der Waals surface area contributed by atoms with Gasteiger partial charge in [-0.05, 0) is 38.5 Å². The molecule has 3 heteroatoms. The monoisotopic (exact) mass is 200 g/mol. The van der Waals surface area contributed by atoms with Gasteiger partial charge in [-0.1, -0.05) is 6.42 Å². The van der Waals surface area contributed by atoms with Crippen LogP contribution in [0, 0.1) is 11.8 Å². The lowest BCUT2D eigenvalue weighted by molar-refractivity contribution is -0.123. The van der Waals surface area contributed by atoms with E-state index >= 15 is 0 Å². The molecule has 1 saturated carbocycles. The zero-order valence-corrected chi connectivity index (χ0v) is 8.78. The number of aliphatic hydroxyl groups excluding tert-OH is 2. The minimum atomic E-state index is -0.241. The molecule has 0 spiro atoms. The summed E-state index contributed by atoms with van der Waals surface area (Å²) in [5.41, 5.74) is 0. The van der Waals surface area contributed by atoms with E-state index in [-0.39, 0.29) is 30.3 Å². The van der Waals surface area contributed by atoms with E-state index in [9.17, 15) is 9.90 Å². The first kappa shape index (κ1) is 11.7. The van der Waals surface area contributed by atoms with Gasteiger partial charge in [-0.2, -0.15) is 0 Å². The first-order valence-corrected chi connectivity index (χ1v) is 5.44. The first-order valence-electron chi connectivity index (χ1n) is 5.44. The van der Waals surface area contributed by atoms with Gasteiger partial charge in [0.25, 0.3) is 0 Å². The van der Waals surface area contributed by atoms with Gasteiger partial charge in [0.05, 0.1) is 6.10 Å². The molecule has 3 nitrogen and oxygen atoms in total. The normalized spacial score (nSPS) is 29.9. The fraction of sp³-hybridized carbons (Fsp3) is 0.909. The van der Waals surface area contributed by atoms with Crippen molar-refractivity contribution in [2.24, 2.45) is 11.8 Å². The highest BCUT2D eigenvalue weighted by Crippen LogP contribution is 2.32. The van der Waals surface area contributed by atoms with E-state index < -0.39 is 0 Å². The molecule has 1 aliphatic carbocycles. The second kappa shape index (κ2) is 5.47. The van der Waals surface area contributed by atoms with Crippen LogP contribution in [-0.2, 0) is 4.79 Å². The number of carbonyl (C=O) groups is 1. The van der Waals surface area contributed by atoms with E-state index in [1.54, 1.807) is 6.92 Å². The molecule has 3 unspecified atom stereocenters. The second-order valence-electron chi connectivity index (χ2n) is 4.31. The quantitative estimate of drug-likeness (QED) is 0.715. The van der Waals surface area contributed by atoms with Gasteiger partial charge in [0.1, 0.15) is 5.78 Å². The van der Waals surface area contributed by atoms with Gasteiger partial charge in [-0.15, -0.1) is 0 Å². The van der Waals surface area contributed by atoms with Crippen LogP contribution in [0.5, 0.6) is 0 Å². The van der Waals surface area contributed by atoms with Gasteiger partial charge >= 0.3 is 0 Å². The Balaban J connectivity index is 2.53. The largest absolute Gasteiger partial charge is 0.396 e. The van der Waals surface area contributed by atoms with Crippen molar-refractivity contribution in [1.29, 1.82) is 0 Å². The molecular weight excluding hydrogens is 180 g/mol. The van der Waals surface area contributed by atoms with Gasteiger partial charge in [-0.25, -0.2) is 0 Å². The molecule has 1 aliphatic rings. The van der Waals surface area contributed by atoms with Crippen LogP contribution in [-0.4, -0.2) is 28.7 Å². The van der Waals surface area contributed by atoms with E-state index in [0.29, 0.717) is 6.42 Å². The zero-order valence-electron chi connectivity index (χ0n) is 8.78. The molecule has 1 fully saturated rings. The summed E-state index contributed by atoms with van der Waals surface area (Å²) in [4.78, 5) is 11.3. The molecule has 0 aromatic carbocycles. The Morgan fingerprint density at radius 3 is 2.71 bits per heavy atom. The maximum Gasteiger partial charge on any atom is 0.133 e. The Kier molecular flexibility index (Phi) is 4.55. The molecule has 3 atom stereocenters. The average Bonchev–Trinajstić information content (AvgIpc) is 2.13. The minimum absolute atomic E-state index is 0.0463. The summed E-state index contributed by atoms with van der Waals surface area (Å²) < 4.78 is 0. The molecule has 2 N–H and O–H groups in total. The number of aliphatic hydroxyl groups is 2. The van der Waals surface area contributed by atoms with Crippen molar-refractivity contribution in [2.75, 3.05) is 6.61 Å². The fourth-order valence-electron chi connectivity index (χ4n) is 2.48. The molecular formula is C11H20O3. The van der Waals surface area contributed by atoms with Crippen LogP contribution >= 0.6 is 0 Å². The maximum atomic E-state index is 11.3. The number of hydrogen-bond donors (Lipinski definition) is 2. The first-order chi connectivity index (χ1) is 6.65. The molecule has 0 heterocycles. The van der Waals surface area contributed by atoms with Crippen molar-refractivity contribution in [3.63, 3.8) is 0 Å². The SMILES string of the molecule is CC(=O)C(CCO)C1CCCC(O)C1. The molecule has 82 valence electrons. The van der Waals surface area contributed by atoms with Crippen LogP contribution in [0.1, 0.15) is 39.0 Å². The third-order valence-corrected chi connectivity index (χ3v) is 3.22. The van der Waals surface area contributed by atoms with E-state index in [2.05, 4.69) is 0 Å². The molecule has 0 bridgehead atoms. The molecule has 0 saturated heterocycles. The van der Waals surface area contributed by atoms with E-state index in [1.165, 1.54) is 0 Å². The standard InChI is InChI=1S/C11H20O3/c1-8(13)11(5-6-12)9-3-2-4-10(14)7-9/h9-12,14H,2-7H2,1H3. The summed E-state index contributed by atoms with van der Waals surface area (Å²) in [7, 11) is 0. The molecule has 1 rings (SSSR count). The van der Waals surface area contributed by atoms with Crippen LogP contribution in [0.2, 0.25) is 0 Å². The third kappa shape index (κ3) is 3.07. The van der Waals surface area contributed by atoms with E-state index in [1.807, 2.05) is 0 Å². The third-order valence-electron chi connectivity index (χ3n) is 3.22. The Labute approximate surface area is 85.1 Å². The van der Waals surface area contributed by atoms with Crippen LogP contribution in [0.15, 0.2) is 0 Å². The lowest BCUT2D eigenvalue weighted by Crippen LogP contribution is -2.30. The van der Waals surface area contributed by atoms with Gasteiger partial charge < -0.3 is 10.2 Å². The van der Waals surface area contributed by atoms with Gasteiger partial charge in [0, 0.05) is 12.5 Å². The Morgan fingerprint density at radius 1 is 1.50 bits per heavy atom. The topological polar surface area (TPSA) is 57.5 Å².